The Bertz CT molecular complexity index is 688. The Morgan fingerprint density at radius 2 is 2.04 bits per heavy atom. The lowest BCUT2D eigenvalue weighted by Gasteiger charge is -2.14. The van der Waals surface area contributed by atoms with Crippen LogP contribution in [0.1, 0.15) is 19.4 Å². The molecule has 0 unspecified atom stereocenters. The van der Waals surface area contributed by atoms with Crippen LogP contribution in [0.15, 0.2) is 36.5 Å². The molecule has 122 valence electrons. The number of nitrogens with one attached hydrogen (secondary N) is 2. The van der Waals surface area contributed by atoms with Gasteiger partial charge in [0.2, 0.25) is 5.91 Å². The van der Waals surface area contributed by atoms with Gasteiger partial charge in [-0.3, -0.25) is 9.78 Å². The normalized spacial score (nSPS) is 11.8. The quantitative estimate of drug-likeness (QED) is 0.859. The molecule has 1 aromatic heterocycles. The molecule has 0 fully saturated rings. The van der Waals surface area contributed by atoms with Gasteiger partial charge in [-0.05, 0) is 36.6 Å². The first kappa shape index (κ1) is 16.9. The monoisotopic (exact) mass is 315 g/mol. The van der Waals surface area contributed by atoms with Gasteiger partial charge in [0.15, 0.2) is 0 Å². The zero-order chi connectivity index (χ0) is 16.8. The SMILES string of the molecule is CC(=O)NC[C@@H](C)CNc1ccnc(-c2ccc(C)c(F)c2)c1. The fourth-order valence-corrected chi connectivity index (χ4v) is 2.13. The molecule has 4 nitrogen and oxygen atoms in total. The minimum absolute atomic E-state index is 0.0237. The summed E-state index contributed by atoms with van der Waals surface area (Å²) in [7, 11) is 0. The van der Waals surface area contributed by atoms with Crippen molar-refractivity contribution in [3.63, 3.8) is 0 Å². The smallest absolute Gasteiger partial charge is 0.216 e. The van der Waals surface area contributed by atoms with Gasteiger partial charge in [0.25, 0.3) is 0 Å². The molecule has 1 amide bonds. The van der Waals surface area contributed by atoms with E-state index in [1.165, 1.54) is 13.0 Å². The second-order valence-electron chi connectivity index (χ2n) is 5.82. The van der Waals surface area contributed by atoms with Crippen molar-refractivity contribution in [3.8, 4) is 11.3 Å². The zero-order valence-corrected chi connectivity index (χ0v) is 13.7. The van der Waals surface area contributed by atoms with Crippen LogP contribution in [0.2, 0.25) is 0 Å². The van der Waals surface area contributed by atoms with Crippen molar-refractivity contribution < 1.29 is 9.18 Å². The number of hydrogen-bond acceptors (Lipinski definition) is 3. The second kappa shape index (κ2) is 7.72. The number of aromatic nitrogens is 1. The van der Waals surface area contributed by atoms with E-state index in [0.717, 1.165) is 23.5 Å². The summed E-state index contributed by atoms with van der Waals surface area (Å²) in [5, 5.41) is 6.12. The number of halogens is 1. The number of carbonyl (C=O) groups is 1. The van der Waals surface area contributed by atoms with E-state index in [2.05, 4.69) is 22.5 Å². The van der Waals surface area contributed by atoms with Crippen molar-refractivity contribution in [2.75, 3.05) is 18.4 Å². The van der Waals surface area contributed by atoms with Gasteiger partial charge in [0.1, 0.15) is 5.82 Å². The number of hydrogen-bond donors (Lipinski definition) is 2. The van der Waals surface area contributed by atoms with E-state index in [1.807, 2.05) is 18.2 Å². The highest BCUT2D eigenvalue weighted by Gasteiger charge is 2.06. The van der Waals surface area contributed by atoms with Crippen molar-refractivity contribution in [3.05, 3.63) is 47.9 Å². The minimum atomic E-state index is -0.230. The maximum Gasteiger partial charge on any atom is 0.216 e. The first-order chi connectivity index (χ1) is 11.0. The topological polar surface area (TPSA) is 54.0 Å². The van der Waals surface area contributed by atoms with E-state index >= 15 is 0 Å². The third-order valence-electron chi connectivity index (χ3n) is 3.58. The summed E-state index contributed by atoms with van der Waals surface area (Å²) in [5.74, 6) is 0.0448. The molecular weight excluding hydrogens is 293 g/mol. The van der Waals surface area contributed by atoms with Gasteiger partial charge in [-0.2, -0.15) is 0 Å². The Labute approximate surface area is 136 Å². The molecule has 2 N–H and O–H groups in total. The zero-order valence-electron chi connectivity index (χ0n) is 13.7. The summed E-state index contributed by atoms with van der Waals surface area (Å²) in [5.41, 5.74) is 3.02. The minimum Gasteiger partial charge on any atom is -0.385 e. The molecule has 23 heavy (non-hydrogen) atoms. The van der Waals surface area contributed by atoms with E-state index in [9.17, 15) is 9.18 Å². The molecule has 0 saturated heterocycles. The van der Waals surface area contributed by atoms with Crippen molar-refractivity contribution in [2.24, 2.45) is 5.92 Å². The fraction of sp³-hybridized carbons (Fsp3) is 0.333. The number of amides is 1. The van der Waals surface area contributed by atoms with Crippen LogP contribution in [0.4, 0.5) is 10.1 Å². The van der Waals surface area contributed by atoms with Gasteiger partial charge in [-0.25, -0.2) is 4.39 Å². The summed E-state index contributed by atoms with van der Waals surface area (Å²) >= 11 is 0. The molecule has 1 heterocycles. The second-order valence-corrected chi connectivity index (χ2v) is 5.82. The van der Waals surface area contributed by atoms with Gasteiger partial charge in [0.05, 0.1) is 5.69 Å². The number of nitrogens with zero attached hydrogens (tertiary/aromatic N) is 1. The Morgan fingerprint density at radius 3 is 2.74 bits per heavy atom. The number of rotatable bonds is 6. The van der Waals surface area contributed by atoms with E-state index in [1.54, 1.807) is 19.2 Å². The predicted octanol–water partition coefficient (Wildman–Crippen LogP) is 3.38. The maximum atomic E-state index is 13.7. The van der Waals surface area contributed by atoms with E-state index < -0.39 is 0 Å². The van der Waals surface area contributed by atoms with E-state index in [4.69, 9.17) is 0 Å². The standard InChI is InChI=1S/C18H22FN3O/c1-12(10-21-14(3)23)11-22-16-6-7-20-18(9-16)15-5-4-13(2)17(19)8-15/h4-9,12H,10-11H2,1-3H3,(H,20,22)(H,21,23)/t12-/m1/s1. The highest BCUT2D eigenvalue weighted by molar-refractivity contribution is 5.72. The van der Waals surface area contributed by atoms with Crippen molar-refractivity contribution in [1.29, 1.82) is 0 Å². The highest BCUT2D eigenvalue weighted by atomic mass is 19.1. The fourth-order valence-electron chi connectivity index (χ4n) is 2.13. The Morgan fingerprint density at radius 1 is 1.26 bits per heavy atom. The van der Waals surface area contributed by atoms with Crippen molar-refractivity contribution in [1.82, 2.24) is 10.3 Å². The number of pyridine rings is 1. The molecule has 1 atom stereocenters. The molecule has 2 rings (SSSR count). The van der Waals surface area contributed by atoms with Crippen LogP contribution >= 0.6 is 0 Å². The van der Waals surface area contributed by atoms with E-state index in [0.29, 0.717) is 18.0 Å². The third-order valence-corrected chi connectivity index (χ3v) is 3.58. The number of anilines is 1. The highest BCUT2D eigenvalue weighted by Crippen LogP contribution is 2.22. The predicted molar refractivity (Wildman–Crippen MR) is 90.7 cm³/mol. The largest absolute Gasteiger partial charge is 0.385 e. The molecule has 5 heteroatoms. The third kappa shape index (κ3) is 5.06. The number of benzene rings is 1. The summed E-state index contributed by atoms with van der Waals surface area (Å²) < 4.78 is 13.7. The Kier molecular flexibility index (Phi) is 5.68. The molecule has 0 aliphatic rings. The van der Waals surface area contributed by atoms with Gasteiger partial charge in [-0.1, -0.05) is 19.1 Å². The average molecular weight is 315 g/mol. The molecule has 2 aromatic rings. The molecule has 0 aliphatic heterocycles. The first-order valence-corrected chi connectivity index (χ1v) is 7.66. The van der Waals surface area contributed by atoms with Gasteiger partial charge < -0.3 is 10.6 Å². The Balaban J connectivity index is 2.02. The molecule has 0 aliphatic carbocycles. The van der Waals surface area contributed by atoms with Crippen LogP contribution in [0.5, 0.6) is 0 Å². The summed E-state index contributed by atoms with van der Waals surface area (Å²) in [4.78, 5) is 15.2. The molecule has 1 aromatic carbocycles. The number of aryl methyl sites for hydroxylation is 1. The summed E-state index contributed by atoms with van der Waals surface area (Å²) in [6.07, 6.45) is 1.70. The lowest BCUT2D eigenvalue weighted by molar-refractivity contribution is -0.119. The molecule has 0 saturated carbocycles. The van der Waals surface area contributed by atoms with Gasteiger partial charge in [-0.15, -0.1) is 0 Å². The Hall–Kier alpha value is -2.43. The lowest BCUT2D eigenvalue weighted by Crippen LogP contribution is -2.29. The molecule has 0 spiro atoms. The molecule has 0 radical (unpaired) electrons. The van der Waals surface area contributed by atoms with Crippen LogP contribution in [-0.4, -0.2) is 24.0 Å². The number of carbonyl (C=O) groups excluding carboxylic acids is 1. The maximum absolute atomic E-state index is 13.7. The van der Waals surface area contributed by atoms with Crippen LogP contribution in [0.3, 0.4) is 0 Å². The first-order valence-electron chi connectivity index (χ1n) is 7.66. The van der Waals surface area contributed by atoms with Crippen LogP contribution in [0, 0.1) is 18.7 Å². The van der Waals surface area contributed by atoms with Crippen LogP contribution in [0.25, 0.3) is 11.3 Å². The summed E-state index contributed by atoms with van der Waals surface area (Å²) in [6, 6.07) is 8.89. The molecule has 0 bridgehead atoms. The summed E-state index contributed by atoms with van der Waals surface area (Å²) in [6.45, 7) is 6.66. The molecular formula is C18H22FN3O. The van der Waals surface area contributed by atoms with Gasteiger partial charge in [0, 0.05) is 37.5 Å². The van der Waals surface area contributed by atoms with Crippen LogP contribution in [-0.2, 0) is 4.79 Å². The lowest BCUT2D eigenvalue weighted by atomic mass is 10.1. The average Bonchev–Trinajstić information content (AvgIpc) is 2.54. The van der Waals surface area contributed by atoms with Crippen LogP contribution < -0.4 is 10.6 Å². The van der Waals surface area contributed by atoms with Gasteiger partial charge >= 0.3 is 0 Å². The van der Waals surface area contributed by atoms with Crippen molar-refractivity contribution in [2.45, 2.75) is 20.8 Å². The van der Waals surface area contributed by atoms with Crippen molar-refractivity contribution >= 4 is 11.6 Å². The van der Waals surface area contributed by atoms with E-state index in [-0.39, 0.29) is 11.7 Å².